The Balaban J connectivity index is 0.000000200. The third kappa shape index (κ3) is 6.47. The second-order valence-corrected chi connectivity index (χ2v) is 5.43. The average Bonchev–Trinajstić information content (AvgIpc) is 2.61. The summed E-state index contributed by atoms with van der Waals surface area (Å²) in [5.41, 5.74) is 0.743. The molecule has 19 heavy (non-hydrogen) atoms. The van der Waals surface area contributed by atoms with Crippen molar-refractivity contribution in [1.82, 2.24) is 10.2 Å². The molecular formula is C15H26FN2P. The summed E-state index contributed by atoms with van der Waals surface area (Å²) in [6, 6.07) is 10.5. The van der Waals surface area contributed by atoms with Crippen LogP contribution in [-0.4, -0.2) is 36.4 Å². The highest BCUT2D eigenvalue weighted by Gasteiger charge is 2.18. The fourth-order valence-corrected chi connectivity index (χ4v) is 2.65. The Morgan fingerprint density at radius 2 is 2.00 bits per heavy atom. The number of nitrogens with one attached hydrogen (secondary N) is 1. The Morgan fingerprint density at radius 1 is 1.32 bits per heavy atom. The van der Waals surface area contributed by atoms with Crippen LogP contribution >= 0.6 is 9.24 Å². The maximum atomic E-state index is 11.7. The number of hydrogen-bond acceptors (Lipinski definition) is 2. The standard InChI is InChI=1S/C8H19N2P.C7H7F/c1-7-5-10(6-11)8(2)3-4-9-7;8-6-7-4-2-1-3-5-7/h7-9H,3-6,11H2,1-2H3;1-5H,6H2/t7?,8-;/m1./s1. The predicted molar refractivity (Wildman–Crippen MR) is 84.1 cm³/mol. The summed E-state index contributed by atoms with van der Waals surface area (Å²) in [6.07, 6.45) is 2.38. The molecule has 0 spiro atoms. The molecule has 108 valence electrons. The van der Waals surface area contributed by atoms with Gasteiger partial charge in [-0.05, 0) is 32.4 Å². The smallest absolute Gasteiger partial charge is 0.115 e. The molecule has 2 nitrogen and oxygen atoms in total. The van der Waals surface area contributed by atoms with E-state index in [-0.39, 0.29) is 6.67 Å². The van der Waals surface area contributed by atoms with Crippen molar-refractivity contribution in [3.63, 3.8) is 0 Å². The molecule has 1 aromatic carbocycles. The summed E-state index contributed by atoms with van der Waals surface area (Å²) in [7, 11) is 2.81. The van der Waals surface area contributed by atoms with Crippen LogP contribution in [0.2, 0.25) is 0 Å². The van der Waals surface area contributed by atoms with Gasteiger partial charge in [0.1, 0.15) is 6.67 Å². The first kappa shape index (κ1) is 16.6. The van der Waals surface area contributed by atoms with Crippen molar-refractivity contribution >= 4 is 9.24 Å². The molecule has 0 radical (unpaired) electrons. The zero-order valence-electron chi connectivity index (χ0n) is 12.0. The molecule has 0 saturated carbocycles. The van der Waals surface area contributed by atoms with Crippen LogP contribution in [0.3, 0.4) is 0 Å². The van der Waals surface area contributed by atoms with Crippen LogP contribution in [0.4, 0.5) is 4.39 Å². The quantitative estimate of drug-likeness (QED) is 0.840. The largest absolute Gasteiger partial charge is 0.313 e. The molecule has 1 fully saturated rings. The molecule has 0 aliphatic carbocycles. The minimum Gasteiger partial charge on any atom is -0.313 e. The number of hydrogen-bond donors (Lipinski definition) is 1. The van der Waals surface area contributed by atoms with Crippen molar-refractivity contribution in [3.05, 3.63) is 35.9 Å². The van der Waals surface area contributed by atoms with Gasteiger partial charge in [0.25, 0.3) is 0 Å². The van der Waals surface area contributed by atoms with Crippen LogP contribution < -0.4 is 5.32 Å². The van der Waals surface area contributed by atoms with Gasteiger partial charge in [-0.15, -0.1) is 9.24 Å². The minimum absolute atomic E-state index is 0.360. The monoisotopic (exact) mass is 284 g/mol. The molecule has 1 aliphatic heterocycles. The summed E-state index contributed by atoms with van der Waals surface area (Å²) in [5, 5.41) is 3.49. The van der Waals surface area contributed by atoms with Gasteiger partial charge < -0.3 is 5.32 Å². The maximum absolute atomic E-state index is 11.7. The lowest BCUT2D eigenvalue weighted by Crippen LogP contribution is -2.37. The number of halogens is 1. The molecule has 1 saturated heterocycles. The van der Waals surface area contributed by atoms with Crippen molar-refractivity contribution in [1.29, 1.82) is 0 Å². The lowest BCUT2D eigenvalue weighted by Gasteiger charge is -2.25. The minimum atomic E-state index is -0.360. The summed E-state index contributed by atoms with van der Waals surface area (Å²) in [4.78, 5) is 2.51. The van der Waals surface area contributed by atoms with E-state index in [9.17, 15) is 4.39 Å². The first-order valence-electron chi connectivity index (χ1n) is 6.94. The van der Waals surface area contributed by atoms with E-state index >= 15 is 0 Å². The lowest BCUT2D eigenvalue weighted by atomic mass is 10.2. The molecule has 1 aromatic rings. The van der Waals surface area contributed by atoms with Gasteiger partial charge in [0.15, 0.2) is 0 Å². The fraction of sp³-hybridized carbons (Fsp3) is 0.600. The molecule has 4 heteroatoms. The van der Waals surface area contributed by atoms with E-state index in [4.69, 9.17) is 0 Å². The first-order valence-corrected chi connectivity index (χ1v) is 7.76. The normalized spacial score (nSPS) is 24.2. The Hall–Kier alpha value is -0.500. The van der Waals surface area contributed by atoms with Gasteiger partial charge >= 0.3 is 0 Å². The second-order valence-electron chi connectivity index (χ2n) is 5.07. The lowest BCUT2D eigenvalue weighted by molar-refractivity contribution is 0.245. The molecule has 0 bridgehead atoms. The molecule has 0 aromatic heterocycles. The first-order chi connectivity index (χ1) is 9.17. The Labute approximate surface area is 119 Å². The van der Waals surface area contributed by atoms with E-state index in [1.807, 2.05) is 18.2 Å². The molecule has 3 atom stereocenters. The highest BCUT2D eigenvalue weighted by molar-refractivity contribution is 7.16. The van der Waals surface area contributed by atoms with Crippen LogP contribution in [0.25, 0.3) is 0 Å². The van der Waals surface area contributed by atoms with Crippen molar-refractivity contribution in [3.8, 4) is 0 Å². The fourth-order valence-electron chi connectivity index (χ4n) is 2.14. The summed E-state index contributed by atoms with van der Waals surface area (Å²) < 4.78 is 11.7. The van der Waals surface area contributed by atoms with E-state index in [0.29, 0.717) is 6.04 Å². The SMILES string of the molecule is CC1CN(CP)[C@H](C)CCN1.FCc1ccccc1. The molecule has 0 amide bonds. The number of nitrogens with zero attached hydrogens (tertiary/aromatic N) is 1. The molecule has 1 heterocycles. The molecular weight excluding hydrogens is 258 g/mol. The van der Waals surface area contributed by atoms with E-state index in [0.717, 1.165) is 17.9 Å². The topological polar surface area (TPSA) is 15.3 Å². The van der Waals surface area contributed by atoms with Crippen molar-refractivity contribution < 1.29 is 4.39 Å². The number of benzene rings is 1. The number of rotatable bonds is 2. The van der Waals surface area contributed by atoms with Crippen LogP contribution in [0, 0.1) is 0 Å². The van der Waals surface area contributed by atoms with Crippen LogP contribution in [0.5, 0.6) is 0 Å². The van der Waals surface area contributed by atoms with Gasteiger partial charge in [-0.3, -0.25) is 4.90 Å². The molecule has 1 aliphatic rings. The summed E-state index contributed by atoms with van der Waals surface area (Å²) >= 11 is 0. The van der Waals surface area contributed by atoms with E-state index < -0.39 is 0 Å². The van der Waals surface area contributed by atoms with Gasteiger partial charge in [-0.1, -0.05) is 30.3 Å². The molecule has 2 rings (SSSR count). The maximum Gasteiger partial charge on any atom is 0.115 e. The summed E-state index contributed by atoms with van der Waals surface area (Å²) in [5.74, 6) is 0. The Kier molecular flexibility index (Phi) is 8.20. The zero-order chi connectivity index (χ0) is 14.1. The van der Waals surface area contributed by atoms with Crippen molar-refractivity contribution in [2.75, 3.05) is 19.4 Å². The van der Waals surface area contributed by atoms with Crippen LogP contribution in [-0.2, 0) is 6.67 Å². The predicted octanol–water partition coefficient (Wildman–Crippen LogP) is 3.05. The number of alkyl halides is 1. The van der Waals surface area contributed by atoms with E-state index in [1.54, 1.807) is 12.1 Å². The van der Waals surface area contributed by atoms with Crippen LogP contribution in [0.15, 0.2) is 30.3 Å². The van der Waals surface area contributed by atoms with Gasteiger partial charge in [0, 0.05) is 24.9 Å². The highest BCUT2D eigenvalue weighted by atomic mass is 31.0. The van der Waals surface area contributed by atoms with E-state index in [2.05, 4.69) is 33.3 Å². The Morgan fingerprint density at radius 3 is 2.53 bits per heavy atom. The van der Waals surface area contributed by atoms with Crippen LogP contribution in [0.1, 0.15) is 25.8 Å². The van der Waals surface area contributed by atoms with Crippen molar-refractivity contribution in [2.24, 2.45) is 0 Å². The van der Waals surface area contributed by atoms with Gasteiger partial charge in [-0.2, -0.15) is 0 Å². The average molecular weight is 284 g/mol. The van der Waals surface area contributed by atoms with Gasteiger partial charge in [-0.25, -0.2) is 4.39 Å². The second kappa shape index (κ2) is 9.41. The zero-order valence-corrected chi connectivity index (χ0v) is 13.1. The van der Waals surface area contributed by atoms with Crippen molar-refractivity contribution in [2.45, 2.75) is 39.0 Å². The third-order valence-electron chi connectivity index (χ3n) is 3.42. The van der Waals surface area contributed by atoms with Gasteiger partial charge in [0.05, 0.1) is 0 Å². The Bertz CT molecular complexity index is 334. The molecule has 2 unspecified atom stereocenters. The summed E-state index contributed by atoms with van der Waals surface area (Å²) in [6.45, 7) is 6.56. The van der Waals surface area contributed by atoms with E-state index in [1.165, 1.54) is 19.5 Å². The third-order valence-corrected chi connectivity index (χ3v) is 3.89. The van der Waals surface area contributed by atoms with Gasteiger partial charge in [0.2, 0.25) is 0 Å². The molecule has 1 N–H and O–H groups in total. The highest BCUT2D eigenvalue weighted by Crippen LogP contribution is 2.09.